The van der Waals surface area contributed by atoms with Gasteiger partial charge in [0.25, 0.3) is 5.91 Å². The Hall–Kier alpha value is -2.15. The number of likely N-dealkylation sites (tertiary alicyclic amines) is 1. The Balaban J connectivity index is 1.52. The average molecular weight is 333 g/mol. The number of amides is 2. The molecule has 1 aromatic heterocycles. The van der Waals surface area contributed by atoms with Crippen LogP contribution >= 0.6 is 0 Å². The largest absolute Gasteiger partial charge is 0.481 e. The second-order valence-electron chi connectivity index (χ2n) is 6.19. The molecule has 2 saturated heterocycles. The molecule has 24 heavy (non-hydrogen) atoms. The highest BCUT2D eigenvalue weighted by atomic mass is 16.5. The molecule has 3 heterocycles. The molecular formula is C17H23N3O4. The van der Waals surface area contributed by atoms with Gasteiger partial charge in [0.05, 0.1) is 25.9 Å². The SMILES string of the molecule is COc1ccc(C(=O)N2CCC(CC(=O)N3CCOCC3)C2)cn1. The lowest BCUT2D eigenvalue weighted by atomic mass is 10.0. The topological polar surface area (TPSA) is 72.0 Å². The van der Waals surface area contributed by atoms with Crippen molar-refractivity contribution in [3.05, 3.63) is 23.9 Å². The Kier molecular flexibility index (Phi) is 5.30. The molecule has 0 radical (unpaired) electrons. The number of hydrogen-bond acceptors (Lipinski definition) is 5. The molecule has 1 aromatic rings. The van der Waals surface area contributed by atoms with Crippen LogP contribution in [0.5, 0.6) is 5.88 Å². The molecule has 1 atom stereocenters. The number of nitrogens with zero attached hydrogens (tertiary/aromatic N) is 3. The molecule has 3 rings (SSSR count). The van der Waals surface area contributed by atoms with Gasteiger partial charge in [0, 0.05) is 44.9 Å². The predicted octanol–water partition coefficient (Wildman–Crippen LogP) is 0.801. The van der Waals surface area contributed by atoms with Crippen molar-refractivity contribution in [3.8, 4) is 5.88 Å². The number of carbonyl (C=O) groups excluding carboxylic acids is 2. The summed E-state index contributed by atoms with van der Waals surface area (Å²) in [6.07, 6.45) is 2.91. The monoisotopic (exact) mass is 333 g/mol. The van der Waals surface area contributed by atoms with E-state index < -0.39 is 0 Å². The van der Waals surface area contributed by atoms with Gasteiger partial charge in [-0.1, -0.05) is 0 Å². The molecule has 7 heteroatoms. The molecule has 2 fully saturated rings. The van der Waals surface area contributed by atoms with E-state index in [-0.39, 0.29) is 17.7 Å². The molecule has 1 unspecified atom stereocenters. The number of pyridine rings is 1. The normalized spacial score (nSPS) is 21.0. The maximum Gasteiger partial charge on any atom is 0.255 e. The van der Waals surface area contributed by atoms with Crippen LogP contribution in [0.4, 0.5) is 0 Å². The van der Waals surface area contributed by atoms with Gasteiger partial charge < -0.3 is 19.3 Å². The Morgan fingerprint density at radius 3 is 2.71 bits per heavy atom. The van der Waals surface area contributed by atoms with Crippen molar-refractivity contribution in [1.29, 1.82) is 0 Å². The van der Waals surface area contributed by atoms with E-state index in [1.54, 1.807) is 24.1 Å². The van der Waals surface area contributed by atoms with Gasteiger partial charge in [-0.05, 0) is 18.4 Å². The summed E-state index contributed by atoms with van der Waals surface area (Å²) in [6, 6.07) is 3.41. The minimum absolute atomic E-state index is 0.0357. The molecule has 130 valence electrons. The number of aromatic nitrogens is 1. The highest BCUT2D eigenvalue weighted by Gasteiger charge is 2.30. The zero-order valence-electron chi connectivity index (χ0n) is 13.9. The molecule has 2 aliphatic heterocycles. The summed E-state index contributed by atoms with van der Waals surface area (Å²) in [4.78, 5) is 32.6. The van der Waals surface area contributed by atoms with Crippen molar-refractivity contribution < 1.29 is 19.1 Å². The zero-order chi connectivity index (χ0) is 16.9. The summed E-state index contributed by atoms with van der Waals surface area (Å²) in [5, 5.41) is 0. The molecule has 0 spiro atoms. The van der Waals surface area contributed by atoms with Gasteiger partial charge in [-0.2, -0.15) is 0 Å². The Labute approximate surface area is 141 Å². The maximum atomic E-state index is 12.5. The van der Waals surface area contributed by atoms with Gasteiger partial charge in [-0.15, -0.1) is 0 Å². The summed E-state index contributed by atoms with van der Waals surface area (Å²) >= 11 is 0. The predicted molar refractivity (Wildman–Crippen MR) is 86.8 cm³/mol. The molecule has 0 aliphatic carbocycles. The van der Waals surface area contributed by atoms with Crippen LogP contribution in [0.1, 0.15) is 23.2 Å². The molecule has 2 amide bonds. The van der Waals surface area contributed by atoms with Gasteiger partial charge in [0.15, 0.2) is 0 Å². The number of carbonyl (C=O) groups is 2. The highest BCUT2D eigenvalue weighted by molar-refractivity contribution is 5.94. The Morgan fingerprint density at radius 1 is 1.25 bits per heavy atom. The van der Waals surface area contributed by atoms with Crippen molar-refractivity contribution in [1.82, 2.24) is 14.8 Å². The number of rotatable bonds is 4. The fourth-order valence-electron chi connectivity index (χ4n) is 3.18. The van der Waals surface area contributed by atoms with Gasteiger partial charge in [-0.3, -0.25) is 9.59 Å². The molecule has 7 nitrogen and oxygen atoms in total. The lowest BCUT2D eigenvalue weighted by Crippen LogP contribution is -2.41. The van der Waals surface area contributed by atoms with E-state index in [0.717, 1.165) is 6.42 Å². The first-order valence-corrected chi connectivity index (χ1v) is 8.32. The van der Waals surface area contributed by atoms with Gasteiger partial charge in [0.2, 0.25) is 11.8 Å². The van der Waals surface area contributed by atoms with Crippen LogP contribution < -0.4 is 4.74 Å². The summed E-state index contributed by atoms with van der Waals surface area (Å²) in [5.74, 6) is 0.854. The standard InChI is InChI=1S/C17H23N3O4/c1-23-15-3-2-14(11-18-15)17(22)20-5-4-13(12-20)10-16(21)19-6-8-24-9-7-19/h2-3,11,13H,4-10,12H2,1H3. The van der Waals surface area contributed by atoms with E-state index in [4.69, 9.17) is 9.47 Å². The molecular weight excluding hydrogens is 310 g/mol. The third-order valence-corrected chi connectivity index (χ3v) is 4.59. The summed E-state index contributed by atoms with van der Waals surface area (Å²) < 4.78 is 10.3. The van der Waals surface area contributed by atoms with Crippen LogP contribution in [0.25, 0.3) is 0 Å². The van der Waals surface area contributed by atoms with E-state index >= 15 is 0 Å². The van der Waals surface area contributed by atoms with E-state index in [9.17, 15) is 9.59 Å². The highest BCUT2D eigenvalue weighted by Crippen LogP contribution is 2.23. The summed E-state index contributed by atoms with van der Waals surface area (Å²) in [7, 11) is 1.54. The first-order chi connectivity index (χ1) is 11.7. The van der Waals surface area contributed by atoms with Crippen LogP contribution in [-0.4, -0.2) is 73.1 Å². The molecule has 0 bridgehead atoms. The molecule has 2 aliphatic rings. The van der Waals surface area contributed by atoms with E-state index in [1.165, 1.54) is 6.20 Å². The third-order valence-electron chi connectivity index (χ3n) is 4.59. The first-order valence-electron chi connectivity index (χ1n) is 8.32. The molecule has 0 aromatic carbocycles. The zero-order valence-corrected chi connectivity index (χ0v) is 13.9. The Bertz CT molecular complexity index is 584. The van der Waals surface area contributed by atoms with Crippen molar-refractivity contribution in [3.63, 3.8) is 0 Å². The third kappa shape index (κ3) is 3.84. The number of ether oxygens (including phenoxy) is 2. The lowest BCUT2D eigenvalue weighted by Gasteiger charge is -2.27. The van der Waals surface area contributed by atoms with Crippen LogP contribution in [0.2, 0.25) is 0 Å². The van der Waals surface area contributed by atoms with Crippen LogP contribution in [0.15, 0.2) is 18.3 Å². The summed E-state index contributed by atoms with van der Waals surface area (Å²) in [5.41, 5.74) is 0.552. The fraction of sp³-hybridized carbons (Fsp3) is 0.588. The number of morpholine rings is 1. The van der Waals surface area contributed by atoms with Crippen molar-refractivity contribution in [2.75, 3.05) is 46.5 Å². The average Bonchev–Trinajstić information content (AvgIpc) is 3.10. The lowest BCUT2D eigenvalue weighted by molar-refractivity contribution is -0.136. The molecule has 0 N–H and O–H groups in total. The summed E-state index contributed by atoms with van der Waals surface area (Å²) in [6.45, 7) is 3.89. The fourth-order valence-corrected chi connectivity index (χ4v) is 3.18. The Morgan fingerprint density at radius 2 is 2.04 bits per heavy atom. The van der Waals surface area contributed by atoms with Crippen LogP contribution in [0, 0.1) is 5.92 Å². The van der Waals surface area contributed by atoms with E-state index in [1.807, 2.05) is 4.90 Å². The maximum absolute atomic E-state index is 12.5. The van der Waals surface area contributed by atoms with Gasteiger partial charge in [0.1, 0.15) is 0 Å². The minimum Gasteiger partial charge on any atom is -0.481 e. The van der Waals surface area contributed by atoms with Crippen LogP contribution in [0.3, 0.4) is 0 Å². The van der Waals surface area contributed by atoms with E-state index in [2.05, 4.69) is 4.98 Å². The van der Waals surface area contributed by atoms with Crippen LogP contribution in [-0.2, 0) is 9.53 Å². The van der Waals surface area contributed by atoms with Crippen molar-refractivity contribution in [2.24, 2.45) is 5.92 Å². The quantitative estimate of drug-likeness (QED) is 0.815. The van der Waals surface area contributed by atoms with Gasteiger partial charge >= 0.3 is 0 Å². The molecule has 0 saturated carbocycles. The van der Waals surface area contributed by atoms with Crippen molar-refractivity contribution >= 4 is 11.8 Å². The number of methoxy groups -OCH3 is 1. The second kappa shape index (κ2) is 7.61. The minimum atomic E-state index is -0.0357. The van der Waals surface area contributed by atoms with E-state index in [0.29, 0.717) is 57.3 Å². The number of hydrogen-bond donors (Lipinski definition) is 0. The van der Waals surface area contributed by atoms with Gasteiger partial charge in [-0.25, -0.2) is 4.98 Å². The smallest absolute Gasteiger partial charge is 0.255 e. The van der Waals surface area contributed by atoms with Crippen molar-refractivity contribution in [2.45, 2.75) is 12.8 Å². The second-order valence-corrected chi connectivity index (χ2v) is 6.19. The first kappa shape index (κ1) is 16.7.